The zero-order chi connectivity index (χ0) is 23.5. The van der Waals surface area contributed by atoms with Crippen molar-refractivity contribution in [1.82, 2.24) is 10.2 Å². The Morgan fingerprint density at radius 2 is 1.58 bits per heavy atom. The van der Waals surface area contributed by atoms with E-state index in [1.54, 1.807) is 4.90 Å². The molecule has 4 nitrogen and oxygen atoms in total. The highest BCUT2D eigenvalue weighted by atomic mass is 32.2. The van der Waals surface area contributed by atoms with Crippen LogP contribution in [0.25, 0.3) is 0 Å². The van der Waals surface area contributed by atoms with Gasteiger partial charge in [0, 0.05) is 24.4 Å². The molecule has 3 aromatic rings. The van der Waals surface area contributed by atoms with Gasteiger partial charge in [-0.2, -0.15) is 0 Å². The quantitative estimate of drug-likeness (QED) is 0.398. The number of hydrogen-bond acceptors (Lipinski definition) is 3. The van der Waals surface area contributed by atoms with E-state index >= 15 is 0 Å². The van der Waals surface area contributed by atoms with Gasteiger partial charge >= 0.3 is 0 Å². The van der Waals surface area contributed by atoms with Crippen LogP contribution in [-0.2, 0) is 22.6 Å². The first-order valence-electron chi connectivity index (χ1n) is 11.4. The molecule has 0 saturated heterocycles. The number of carbonyl (C=O) groups is 2. The lowest BCUT2D eigenvalue weighted by Crippen LogP contribution is -2.51. The fourth-order valence-corrected chi connectivity index (χ4v) is 4.48. The monoisotopic (exact) mass is 460 g/mol. The van der Waals surface area contributed by atoms with Crippen molar-refractivity contribution < 1.29 is 9.59 Å². The van der Waals surface area contributed by atoms with Crippen molar-refractivity contribution in [3.8, 4) is 0 Å². The molecule has 172 valence electrons. The molecule has 0 aromatic heterocycles. The smallest absolute Gasteiger partial charge is 0.243 e. The zero-order valence-electron chi connectivity index (χ0n) is 19.4. The minimum Gasteiger partial charge on any atom is -0.354 e. The molecule has 1 atom stereocenters. The van der Waals surface area contributed by atoms with Crippen LogP contribution in [0.15, 0.2) is 89.8 Å². The van der Waals surface area contributed by atoms with Gasteiger partial charge in [0.15, 0.2) is 0 Å². The van der Waals surface area contributed by atoms with Gasteiger partial charge in [-0.1, -0.05) is 85.3 Å². The first-order valence-corrected chi connectivity index (χ1v) is 12.4. The molecule has 0 aliphatic rings. The fourth-order valence-electron chi connectivity index (χ4n) is 3.67. The van der Waals surface area contributed by atoms with Crippen molar-refractivity contribution in [3.05, 3.63) is 102 Å². The Labute approximate surface area is 201 Å². The van der Waals surface area contributed by atoms with Crippen LogP contribution in [0.4, 0.5) is 0 Å². The highest BCUT2D eigenvalue weighted by Gasteiger charge is 2.30. The highest BCUT2D eigenvalue weighted by Crippen LogP contribution is 2.21. The molecule has 0 saturated carbocycles. The lowest BCUT2D eigenvalue weighted by atomic mass is 10.0. The molecule has 0 radical (unpaired) electrons. The second kappa shape index (κ2) is 12.9. The minimum absolute atomic E-state index is 0.0436. The number of amides is 2. The summed E-state index contributed by atoms with van der Waals surface area (Å²) in [5.74, 6) is 0.131. The summed E-state index contributed by atoms with van der Waals surface area (Å²) in [6, 6.07) is 27.3. The van der Waals surface area contributed by atoms with Gasteiger partial charge in [0.25, 0.3) is 0 Å². The summed E-state index contributed by atoms with van der Waals surface area (Å²) in [7, 11) is 0. The molecule has 3 aromatic carbocycles. The number of nitrogens with one attached hydrogen (secondary N) is 1. The topological polar surface area (TPSA) is 49.4 Å². The second-order valence-electron chi connectivity index (χ2n) is 8.11. The zero-order valence-corrected chi connectivity index (χ0v) is 20.2. The third-order valence-electron chi connectivity index (χ3n) is 5.36. The van der Waals surface area contributed by atoms with Gasteiger partial charge in [0.05, 0.1) is 5.75 Å². The Kier molecular flexibility index (Phi) is 9.58. The average Bonchev–Trinajstić information content (AvgIpc) is 2.84. The summed E-state index contributed by atoms with van der Waals surface area (Å²) in [6.07, 6.45) is 1.32. The number of hydrogen-bond donors (Lipinski definition) is 1. The van der Waals surface area contributed by atoms with E-state index in [-0.39, 0.29) is 17.6 Å². The van der Waals surface area contributed by atoms with Crippen molar-refractivity contribution in [1.29, 1.82) is 0 Å². The summed E-state index contributed by atoms with van der Waals surface area (Å²) in [5, 5.41) is 3.02. The third-order valence-corrected chi connectivity index (χ3v) is 6.36. The summed E-state index contributed by atoms with van der Waals surface area (Å²) in [4.78, 5) is 29.6. The van der Waals surface area contributed by atoms with Crippen LogP contribution in [0, 0.1) is 6.92 Å². The molecule has 5 heteroatoms. The molecular formula is C28H32N2O2S. The van der Waals surface area contributed by atoms with Crippen LogP contribution >= 0.6 is 11.8 Å². The van der Waals surface area contributed by atoms with Crippen LogP contribution in [0.3, 0.4) is 0 Å². The Morgan fingerprint density at radius 1 is 0.909 bits per heavy atom. The molecule has 0 aliphatic carbocycles. The molecule has 3 rings (SSSR count). The molecule has 0 bridgehead atoms. The summed E-state index contributed by atoms with van der Waals surface area (Å²) in [5.41, 5.74) is 3.19. The summed E-state index contributed by atoms with van der Waals surface area (Å²) in [6.45, 7) is 5.05. The third kappa shape index (κ3) is 7.79. The van der Waals surface area contributed by atoms with Gasteiger partial charge < -0.3 is 10.2 Å². The van der Waals surface area contributed by atoms with Crippen LogP contribution < -0.4 is 5.32 Å². The molecule has 0 unspecified atom stereocenters. The molecule has 33 heavy (non-hydrogen) atoms. The maximum atomic E-state index is 13.5. The average molecular weight is 461 g/mol. The number of benzene rings is 3. The van der Waals surface area contributed by atoms with Crippen LogP contribution in [0.1, 0.15) is 30.0 Å². The number of nitrogens with zero attached hydrogens (tertiary/aromatic N) is 1. The van der Waals surface area contributed by atoms with E-state index in [1.165, 1.54) is 11.8 Å². The maximum absolute atomic E-state index is 13.5. The SMILES string of the molecule is CCCNC(=O)[C@@H](Cc1ccccc1)N(Cc1cccc(C)c1)C(=O)CSc1ccccc1. The van der Waals surface area contributed by atoms with E-state index in [0.717, 1.165) is 28.0 Å². The van der Waals surface area contributed by atoms with E-state index in [0.29, 0.717) is 19.5 Å². The predicted octanol–water partition coefficient (Wildman–Crippen LogP) is 5.25. The van der Waals surface area contributed by atoms with Gasteiger partial charge in [-0.05, 0) is 36.6 Å². The van der Waals surface area contributed by atoms with Gasteiger partial charge in [-0.15, -0.1) is 11.8 Å². The number of carbonyl (C=O) groups excluding carboxylic acids is 2. The molecular weight excluding hydrogens is 428 g/mol. The lowest BCUT2D eigenvalue weighted by molar-refractivity contribution is -0.139. The summed E-state index contributed by atoms with van der Waals surface area (Å²) >= 11 is 1.50. The standard InChI is InChI=1S/C28H32N2O2S/c1-3-17-29-28(32)26(19-23-12-6-4-7-13-23)30(20-24-14-10-11-22(2)18-24)27(31)21-33-25-15-8-5-9-16-25/h4-16,18,26H,3,17,19-21H2,1-2H3,(H,29,32)/t26-/m1/s1. The Morgan fingerprint density at radius 3 is 2.24 bits per heavy atom. The Hall–Kier alpha value is -3.05. The number of rotatable bonds is 11. The highest BCUT2D eigenvalue weighted by molar-refractivity contribution is 8.00. The maximum Gasteiger partial charge on any atom is 0.243 e. The van der Waals surface area contributed by atoms with Gasteiger partial charge in [0.1, 0.15) is 6.04 Å². The van der Waals surface area contributed by atoms with Crippen molar-refractivity contribution >= 4 is 23.6 Å². The fraction of sp³-hybridized carbons (Fsp3) is 0.286. The Balaban J connectivity index is 1.88. The van der Waals surface area contributed by atoms with Crippen LogP contribution in [0.2, 0.25) is 0 Å². The van der Waals surface area contributed by atoms with E-state index in [4.69, 9.17) is 0 Å². The first-order chi connectivity index (χ1) is 16.1. The molecule has 0 spiro atoms. The molecule has 0 aliphatic heterocycles. The van der Waals surface area contributed by atoms with Gasteiger partial charge in [-0.25, -0.2) is 0 Å². The van der Waals surface area contributed by atoms with Crippen molar-refractivity contribution in [2.24, 2.45) is 0 Å². The van der Waals surface area contributed by atoms with Crippen molar-refractivity contribution in [2.45, 2.75) is 44.2 Å². The Bertz CT molecular complexity index is 1020. The molecule has 1 N–H and O–H groups in total. The van der Waals surface area contributed by atoms with Gasteiger partial charge in [0.2, 0.25) is 11.8 Å². The largest absolute Gasteiger partial charge is 0.354 e. The molecule has 2 amide bonds. The van der Waals surface area contributed by atoms with E-state index < -0.39 is 6.04 Å². The second-order valence-corrected chi connectivity index (χ2v) is 9.16. The van der Waals surface area contributed by atoms with Crippen LogP contribution in [-0.4, -0.2) is 35.1 Å². The van der Waals surface area contributed by atoms with Crippen molar-refractivity contribution in [2.75, 3.05) is 12.3 Å². The van der Waals surface area contributed by atoms with Crippen LogP contribution in [0.5, 0.6) is 0 Å². The lowest BCUT2D eigenvalue weighted by Gasteiger charge is -2.31. The van der Waals surface area contributed by atoms with E-state index in [1.807, 2.05) is 92.7 Å². The number of thioether (sulfide) groups is 1. The minimum atomic E-state index is -0.580. The molecule has 0 heterocycles. The predicted molar refractivity (Wildman–Crippen MR) is 136 cm³/mol. The van der Waals surface area contributed by atoms with E-state index in [9.17, 15) is 9.59 Å². The van der Waals surface area contributed by atoms with Crippen molar-refractivity contribution in [3.63, 3.8) is 0 Å². The molecule has 0 fully saturated rings. The first kappa shape index (κ1) is 24.6. The normalized spacial score (nSPS) is 11.6. The van der Waals surface area contributed by atoms with Gasteiger partial charge in [-0.3, -0.25) is 9.59 Å². The van der Waals surface area contributed by atoms with E-state index in [2.05, 4.69) is 11.4 Å². The summed E-state index contributed by atoms with van der Waals surface area (Å²) < 4.78 is 0. The number of aryl methyl sites for hydroxylation is 1.